The summed E-state index contributed by atoms with van der Waals surface area (Å²) in [5, 5.41) is 0. The van der Waals surface area contributed by atoms with Crippen LogP contribution >= 0.6 is 0 Å². The molecule has 1 saturated heterocycles. The van der Waals surface area contributed by atoms with Gasteiger partial charge >= 0.3 is 0 Å². The van der Waals surface area contributed by atoms with Crippen molar-refractivity contribution in [3.63, 3.8) is 0 Å². The number of sulfonamides is 1. The van der Waals surface area contributed by atoms with Crippen molar-refractivity contribution in [1.29, 1.82) is 0 Å². The van der Waals surface area contributed by atoms with Gasteiger partial charge in [-0.05, 0) is 30.2 Å². The molecule has 3 heterocycles. The number of carbonyl (C=O) groups is 3. The van der Waals surface area contributed by atoms with Crippen molar-refractivity contribution < 1.29 is 22.8 Å². The second-order valence-corrected chi connectivity index (χ2v) is 10.1. The van der Waals surface area contributed by atoms with E-state index in [1.165, 1.54) is 27.7 Å². The molecule has 1 fully saturated rings. The Balaban J connectivity index is 1.51. The number of rotatable bonds is 5. The van der Waals surface area contributed by atoms with E-state index in [2.05, 4.69) is 4.98 Å². The molecule has 168 valence electrons. The molecule has 0 aliphatic carbocycles. The summed E-state index contributed by atoms with van der Waals surface area (Å²) >= 11 is 0. The van der Waals surface area contributed by atoms with Gasteiger partial charge in [-0.2, -0.15) is 4.31 Å². The fourth-order valence-electron chi connectivity index (χ4n) is 4.14. The molecule has 9 nitrogen and oxygen atoms in total. The second kappa shape index (κ2) is 8.44. The first kappa shape index (κ1) is 22.1. The van der Waals surface area contributed by atoms with Gasteiger partial charge in [0.15, 0.2) is 0 Å². The van der Waals surface area contributed by atoms with E-state index in [-0.39, 0.29) is 42.9 Å². The summed E-state index contributed by atoms with van der Waals surface area (Å²) in [5.74, 6) is -1.61. The first-order valence-electron chi connectivity index (χ1n) is 10.4. The number of fused-ring (bicyclic) bond motifs is 1. The van der Waals surface area contributed by atoms with Crippen LogP contribution in [0.4, 0.5) is 0 Å². The topological polar surface area (TPSA) is 108 Å². The molecule has 2 aliphatic rings. The van der Waals surface area contributed by atoms with Gasteiger partial charge in [0, 0.05) is 38.6 Å². The highest BCUT2D eigenvalue weighted by atomic mass is 32.2. The van der Waals surface area contributed by atoms with E-state index in [1.54, 1.807) is 44.2 Å². The minimum absolute atomic E-state index is 0.103. The molecule has 1 aromatic heterocycles. The van der Waals surface area contributed by atoms with Crippen LogP contribution in [0.15, 0.2) is 53.7 Å². The summed E-state index contributed by atoms with van der Waals surface area (Å²) in [5.41, 5.74) is 0.590. The molecule has 3 amide bonds. The number of benzene rings is 1. The zero-order valence-electron chi connectivity index (χ0n) is 17.8. The maximum Gasteiger partial charge on any atom is 0.262 e. The molecule has 0 spiro atoms. The van der Waals surface area contributed by atoms with Gasteiger partial charge in [0.2, 0.25) is 15.9 Å². The van der Waals surface area contributed by atoms with E-state index in [4.69, 9.17) is 0 Å². The van der Waals surface area contributed by atoms with Gasteiger partial charge in [-0.15, -0.1) is 0 Å². The Hall–Kier alpha value is -3.11. The van der Waals surface area contributed by atoms with Gasteiger partial charge in [-0.1, -0.05) is 26.0 Å². The zero-order valence-corrected chi connectivity index (χ0v) is 18.7. The zero-order chi connectivity index (χ0) is 23.0. The Morgan fingerprint density at radius 3 is 2.03 bits per heavy atom. The molecule has 32 heavy (non-hydrogen) atoms. The van der Waals surface area contributed by atoms with Crippen LogP contribution in [0.5, 0.6) is 0 Å². The first-order chi connectivity index (χ1) is 15.2. The second-order valence-electron chi connectivity index (χ2n) is 8.13. The highest BCUT2D eigenvalue weighted by molar-refractivity contribution is 7.89. The molecule has 1 unspecified atom stereocenters. The minimum Gasteiger partial charge on any atom is -0.338 e. The Labute approximate surface area is 186 Å². The number of aromatic nitrogens is 1. The van der Waals surface area contributed by atoms with Crippen LogP contribution in [-0.2, 0) is 14.8 Å². The van der Waals surface area contributed by atoms with Crippen LogP contribution in [0.1, 0.15) is 34.6 Å². The smallest absolute Gasteiger partial charge is 0.262 e. The number of nitrogens with zero attached hydrogens (tertiary/aromatic N) is 4. The molecule has 2 aliphatic heterocycles. The van der Waals surface area contributed by atoms with Crippen LogP contribution in [0, 0.1) is 5.92 Å². The van der Waals surface area contributed by atoms with Crippen LogP contribution in [-0.4, -0.2) is 77.4 Å². The van der Waals surface area contributed by atoms with Gasteiger partial charge < -0.3 is 4.90 Å². The molecule has 1 aromatic carbocycles. The van der Waals surface area contributed by atoms with Crippen LogP contribution in [0.3, 0.4) is 0 Å². The fraction of sp³-hybridized carbons (Fsp3) is 0.364. The van der Waals surface area contributed by atoms with E-state index < -0.39 is 27.9 Å². The quantitative estimate of drug-likeness (QED) is 0.627. The number of carbonyl (C=O) groups excluding carboxylic acids is 3. The predicted molar refractivity (Wildman–Crippen MR) is 115 cm³/mol. The monoisotopic (exact) mass is 456 g/mol. The van der Waals surface area contributed by atoms with Gasteiger partial charge in [0.1, 0.15) is 10.9 Å². The van der Waals surface area contributed by atoms with Gasteiger partial charge in [-0.25, -0.2) is 8.42 Å². The number of hydrogen-bond acceptors (Lipinski definition) is 6. The lowest BCUT2D eigenvalue weighted by atomic mass is 10.0. The summed E-state index contributed by atoms with van der Waals surface area (Å²) in [6.45, 7) is 4.16. The van der Waals surface area contributed by atoms with Crippen molar-refractivity contribution >= 4 is 27.7 Å². The lowest BCUT2D eigenvalue weighted by molar-refractivity contribution is -0.138. The molecule has 1 atom stereocenters. The molecular formula is C22H24N4O5S. The Kier molecular flexibility index (Phi) is 5.83. The van der Waals surface area contributed by atoms with E-state index in [0.29, 0.717) is 11.1 Å². The third kappa shape index (κ3) is 3.69. The lowest BCUT2D eigenvalue weighted by Crippen LogP contribution is -2.58. The standard InChI is InChI=1S/C22H24N4O5S/c1-15(2)19(26-20(27)17-7-3-4-8-18(17)21(26)28)22(29)24-10-12-25(13-11-24)32(30,31)16-6-5-9-23-14-16/h3-9,14-15,19H,10-13H2,1-2H3. The Bertz CT molecular complexity index is 1120. The number of hydrogen-bond donors (Lipinski definition) is 0. The van der Waals surface area contributed by atoms with Crippen molar-refractivity contribution in [1.82, 2.24) is 19.1 Å². The summed E-state index contributed by atoms with van der Waals surface area (Å²) < 4.78 is 26.9. The molecular weight excluding hydrogens is 432 g/mol. The van der Waals surface area contributed by atoms with Crippen molar-refractivity contribution in [2.45, 2.75) is 24.8 Å². The number of imide groups is 1. The largest absolute Gasteiger partial charge is 0.338 e. The first-order valence-corrected chi connectivity index (χ1v) is 11.8. The molecule has 0 N–H and O–H groups in total. The highest BCUT2D eigenvalue weighted by Crippen LogP contribution is 2.28. The average Bonchev–Trinajstić information content (AvgIpc) is 3.05. The summed E-state index contributed by atoms with van der Waals surface area (Å²) in [7, 11) is -3.70. The average molecular weight is 457 g/mol. The number of piperazine rings is 1. The van der Waals surface area contributed by atoms with Gasteiger partial charge in [-0.3, -0.25) is 24.3 Å². The van der Waals surface area contributed by atoms with Crippen molar-refractivity contribution in [2.75, 3.05) is 26.2 Å². The van der Waals surface area contributed by atoms with Gasteiger partial charge in [0.05, 0.1) is 11.1 Å². The fourth-order valence-corrected chi connectivity index (χ4v) is 5.53. The van der Waals surface area contributed by atoms with Crippen molar-refractivity contribution in [3.05, 3.63) is 59.9 Å². The Morgan fingerprint density at radius 1 is 0.938 bits per heavy atom. The number of amides is 3. The molecule has 4 rings (SSSR count). The normalized spacial score (nSPS) is 18.2. The van der Waals surface area contributed by atoms with Crippen LogP contribution < -0.4 is 0 Å². The van der Waals surface area contributed by atoms with Crippen molar-refractivity contribution in [2.24, 2.45) is 5.92 Å². The maximum atomic E-state index is 13.4. The molecule has 0 radical (unpaired) electrons. The minimum atomic E-state index is -3.70. The molecule has 10 heteroatoms. The SMILES string of the molecule is CC(C)C(C(=O)N1CCN(S(=O)(=O)c2cccnc2)CC1)N1C(=O)c2ccccc2C1=O. The predicted octanol–water partition coefficient (Wildman–Crippen LogP) is 1.24. The Morgan fingerprint density at radius 2 is 1.53 bits per heavy atom. The van der Waals surface area contributed by atoms with E-state index >= 15 is 0 Å². The molecule has 2 aromatic rings. The summed E-state index contributed by atoms with van der Waals surface area (Å²) in [4.78, 5) is 45.8. The highest BCUT2D eigenvalue weighted by Gasteiger charge is 2.45. The summed E-state index contributed by atoms with van der Waals surface area (Å²) in [6, 6.07) is 8.62. The van der Waals surface area contributed by atoms with E-state index in [9.17, 15) is 22.8 Å². The van der Waals surface area contributed by atoms with E-state index in [1.807, 2.05) is 0 Å². The third-order valence-electron chi connectivity index (χ3n) is 5.81. The van der Waals surface area contributed by atoms with Crippen molar-refractivity contribution in [3.8, 4) is 0 Å². The molecule has 0 saturated carbocycles. The summed E-state index contributed by atoms with van der Waals surface area (Å²) in [6.07, 6.45) is 2.80. The third-order valence-corrected chi connectivity index (χ3v) is 7.69. The van der Waals surface area contributed by atoms with Crippen LogP contribution in [0.2, 0.25) is 0 Å². The van der Waals surface area contributed by atoms with E-state index in [0.717, 1.165) is 4.90 Å². The maximum absolute atomic E-state index is 13.4. The molecule has 0 bridgehead atoms. The van der Waals surface area contributed by atoms with Gasteiger partial charge in [0.25, 0.3) is 11.8 Å². The number of pyridine rings is 1. The van der Waals surface area contributed by atoms with Crippen LogP contribution in [0.25, 0.3) is 0 Å². The lowest BCUT2D eigenvalue weighted by Gasteiger charge is -2.38.